The van der Waals surface area contributed by atoms with Gasteiger partial charge in [-0.1, -0.05) is 58.0 Å². The van der Waals surface area contributed by atoms with E-state index in [1.807, 2.05) is 0 Å². The third-order valence-electron chi connectivity index (χ3n) is 4.55. The van der Waals surface area contributed by atoms with Crippen molar-refractivity contribution in [3.05, 3.63) is 11.7 Å². The highest BCUT2D eigenvalue weighted by atomic mass is 127. The van der Waals surface area contributed by atoms with Gasteiger partial charge < -0.3 is 15.2 Å². The fraction of sp³-hybridized carbons (Fsp3) is 0.833. The fourth-order valence-electron chi connectivity index (χ4n) is 3.09. The topological polar surface area (TPSA) is 75.3 Å². The van der Waals surface area contributed by atoms with Crippen LogP contribution in [0, 0.1) is 5.92 Å². The van der Waals surface area contributed by atoms with E-state index in [1.165, 1.54) is 44.9 Å². The van der Waals surface area contributed by atoms with Crippen LogP contribution >= 0.6 is 24.0 Å². The number of hydrogen-bond acceptors (Lipinski definition) is 4. The number of aliphatic imine (C=N–C) groups is 1. The zero-order valence-corrected chi connectivity index (χ0v) is 18.4. The molecule has 1 aliphatic rings. The molecular weight excluding hydrogens is 429 g/mol. The molecule has 0 amide bonds. The molecule has 144 valence electrons. The highest BCUT2D eigenvalue weighted by Gasteiger charge is 2.21. The molecule has 1 fully saturated rings. The average Bonchev–Trinajstić information content (AvgIpc) is 3.04. The first-order valence-corrected chi connectivity index (χ1v) is 9.26. The van der Waals surface area contributed by atoms with Crippen LogP contribution in [-0.2, 0) is 12.0 Å². The van der Waals surface area contributed by atoms with E-state index in [-0.39, 0.29) is 29.4 Å². The molecule has 2 rings (SSSR count). The van der Waals surface area contributed by atoms with Gasteiger partial charge in [-0.15, -0.1) is 24.0 Å². The van der Waals surface area contributed by atoms with Crippen LogP contribution in [0.3, 0.4) is 0 Å². The summed E-state index contributed by atoms with van der Waals surface area (Å²) in [6.45, 7) is 7.65. The largest absolute Gasteiger partial charge is 0.356 e. The molecule has 0 aromatic carbocycles. The SMILES string of the molecule is CN=C(NCCCC1CCCCC1)NCc1noc(C(C)(C)C)n1.I. The Labute approximate surface area is 169 Å². The second-order valence-electron chi connectivity index (χ2n) is 7.76. The van der Waals surface area contributed by atoms with Crippen LogP contribution in [0.2, 0.25) is 0 Å². The van der Waals surface area contributed by atoms with E-state index < -0.39 is 0 Å². The first-order valence-electron chi connectivity index (χ1n) is 9.26. The minimum absolute atomic E-state index is 0. The summed E-state index contributed by atoms with van der Waals surface area (Å²) in [6.07, 6.45) is 9.62. The summed E-state index contributed by atoms with van der Waals surface area (Å²) in [5, 5.41) is 10.6. The van der Waals surface area contributed by atoms with E-state index >= 15 is 0 Å². The lowest BCUT2D eigenvalue weighted by Crippen LogP contribution is -2.37. The minimum atomic E-state index is -0.121. The predicted molar refractivity (Wildman–Crippen MR) is 112 cm³/mol. The van der Waals surface area contributed by atoms with Crippen molar-refractivity contribution in [1.29, 1.82) is 0 Å². The summed E-state index contributed by atoms with van der Waals surface area (Å²) in [7, 11) is 1.78. The molecule has 2 N–H and O–H groups in total. The zero-order chi connectivity index (χ0) is 17.4. The number of nitrogens with zero attached hydrogens (tertiary/aromatic N) is 3. The molecule has 1 saturated carbocycles. The Bertz CT molecular complexity index is 518. The summed E-state index contributed by atoms with van der Waals surface area (Å²) in [5.41, 5.74) is -0.121. The van der Waals surface area contributed by atoms with E-state index in [0.29, 0.717) is 18.3 Å². The van der Waals surface area contributed by atoms with Crippen molar-refractivity contribution >= 4 is 29.9 Å². The summed E-state index contributed by atoms with van der Waals surface area (Å²) in [5.74, 6) is 3.05. The van der Waals surface area contributed by atoms with Gasteiger partial charge in [0.25, 0.3) is 0 Å². The van der Waals surface area contributed by atoms with E-state index in [4.69, 9.17) is 4.52 Å². The molecule has 0 radical (unpaired) electrons. The summed E-state index contributed by atoms with van der Waals surface area (Å²) in [4.78, 5) is 8.67. The van der Waals surface area contributed by atoms with E-state index in [9.17, 15) is 0 Å². The molecule has 6 nitrogen and oxygen atoms in total. The summed E-state index contributed by atoms with van der Waals surface area (Å²) >= 11 is 0. The highest BCUT2D eigenvalue weighted by molar-refractivity contribution is 14.0. The summed E-state index contributed by atoms with van der Waals surface area (Å²) in [6, 6.07) is 0. The van der Waals surface area contributed by atoms with Gasteiger partial charge in [0.15, 0.2) is 11.8 Å². The Hall–Kier alpha value is -0.860. The van der Waals surface area contributed by atoms with Crippen molar-refractivity contribution in [1.82, 2.24) is 20.8 Å². The number of hydrogen-bond donors (Lipinski definition) is 2. The molecule has 1 aromatic heterocycles. The maximum absolute atomic E-state index is 5.30. The second kappa shape index (κ2) is 11.0. The Morgan fingerprint density at radius 1 is 1.20 bits per heavy atom. The van der Waals surface area contributed by atoms with Crippen molar-refractivity contribution in [3.8, 4) is 0 Å². The number of aromatic nitrogens is 2. The third kappa shape index (κ3) is 7.92. The molecule has 0 spiro atoms. The Balaban J connectivity index is 0.00000312. The molecule has 0 aliphatic heterocycles. The van der Waals surface area contributed by atoms with Crippen molar-refractivity contribution in [2.75, 3.05) is 13.6 Å². The van der Waals surface area contributed by atoms with E-state index in [1.54, 1.807) is 7.05 Å². The molecule has 0 unspecified atom stereocenters. The van der Waals surface area contributed by atoms with Crippen molar-refractivity contribution in [2.45, 2.75) is 77.7 Å². The van der Waals surface area contributed by atoms with Gasteiger partial charge in [0, 0.05) is 19.0 Å². The molecule has 1 aliphatic carbocycles. The van der Waals surface area contributed by atoms with Gasteiger partial charge in [-0.25, -0.2) is 0 Å². The highest BCUT2D eigenvalue weighted by Crippen LogP contribution is 2.26. The van der Waals surface area contributed by atoms with E-state index in [0.717, 1.165) is 18.4 Å². The normalized spacial score (nSPS) is 16.4. The van der Waals surface area contributed by atoms with Crippen molar-refractivity contribution in [2.24, 2.45) is 10.9 Å². The Morgan fingerprint density at radius 3 is 2.52 bits per heavy atom. The summed E-state index contributed by atoms with van der Waals surface area (Å²) < 4.78 is 5.30. The smallest absolute Gasteiger partial charge is 0.232 e. The van der Waals surface area contributed by atoms with Crippen LogP contribution in [0.1, 0.15) is 77.4 Å². The lowest BCUT2D eigenvalue weighted by molar-refractivity contribution is 0.318. The molecule has 1 heterocycles. The van der Waals surface area contributed by atoms with Crippen molar-refractivity contribution < 1.29 is 4.52 Å². The van der Waals surface area contributed by atoms with Crippen LogP contribution in [0.25, 0.3) is 0 Å². The monoisotopic (exact) mass is 463 g/mol. The molecule has 7 heteroatoms. The van der Waals surface area contributed by atoms with Gasteiger partial charge in [-0.3, -0.25) is 4.99 Å². The predicted octanol–water partition coefficient (Wildman–Crippen LogP) is 4.01. The van der Waals surface area contributed by atoms with Crippen molar-refractivity contribution in [3.63, 3.8) is 0 Å². The maximum atomic E-state index is 5.30. The first kappa shape index (κ1) is 22.2. The zero-order valence-electron chi connectivity index (χ0n) is 16.1. The molecule has 1 aromatic rings. The van der Waals surface area contributed by atoms with Gasteiger partial charge in [0.2, 0.25) is 5.89 Å². The van der Waals surface area contributed by atoms with Gasteiger partial charge in [0.1, 0.15) is 0 Å². The minimum Gasteiger partial charge on any atom is -0.356 e. The van der Waals surface area contributed by atoms with Crippen LogP contribution < -0.4 is 10.6 Å². The average molecular weight is 463 g/mol. The Kier molecular flexibility index (Phi) is 9.74. The second-order valence-corrected chi connectivity index (χ2v) is 7.76. The lowest BCUT2D eigenvalue weighted by atomic mass is 9.86. The number of rotatable bonds is 6. The molecular formula is C18H34IN5O. The first-order chi connectivity index (χ1) is 11.5. The van der Waals surface area contributed by atoms with E-state index in [2.05, 4.69) is 46.5 Å². The van der Waals surface area contributed by atoms with Gasteiger partial charge in [-0.2, -0.15) is 4.98 Å². The number of halogens is 1. The molecule has 0 saturated heterocycles. The quantitative estimate of drug-likeness (QED) is 0.289. The standard InChI is InChI=1S/C18H33N5O.HI/c1-18(2,3)16-22-15(23-24-16)13-21-17(19-4)20-12-8-11-14-9-6-5-7-10-14;/h14H,5-13H2,1-4H3,(H2,19,20,21);1H. The number of nitrogens with one attached hydrogen (secondary N) is 2. The van der Waals surface area contributed by atoms with Crippen LogP contribution in [-0.4, -0.2) is 29.7 Å². The van der Waals surface area contributed by atoms with Crippen LogP contribution in [0.15, 0.2) is 9.52 Å². The molecule has 25 heavy (non-hydrogen) atoms. The van der Waals surface area contributed by atoms with Gasteiger partial charge in [0.05, 0.1) is 6.54 Å². The third-order valence-corrected chi connectivity index (χ3v) is 4.55. The van der Waals surface area contributed by atoms with Gasteiger partial charge >= 0.3 is 0 Å². The molecule has 0 atom stereocenters. The van der Waals surface area contributed by atoms with Gasteiger partial charge in [-0.05, 0) is 18.8 Å². The van der Waals surface area contributed by atoms with Crippen LogP contribution in [0.5, 0.6) is 0 Å². The maximum Gasteiger partial charge on any atom is 0.232 e. The fourth-order valence-corrected chi connectivity index (χ4v) is 3.09. The number of guanidine groups is 1. The lowest BCUT2D eigenvalue weighted by Gasteiger charge is -2.21. The van der Waals surface area contributed by atoms with Crippen LogP contribution in [0.4, 0.5) is 0 Å². The Morgan fingerprint density at radius 2 is 1.92 bits per heavy atom. The molecule has 0 bridgehead atoms.